The molecule has 0 saturated carbocycles. The van der Waals surface area contributed by atoms with Gasteiger partial charge in [0.2, 0.25) is 5.95 Å². The number of halogens is 2. The fraction of sp³-hybridized carbons (Fsp3) is 0.176. The average molecular weight is 330 g/mol. The predicted octanol–water partition coefficient (Wildman–Crippen LogP) is 3.65. The third kappa shape index (κ3) is 3.57. The third-order valence-corrected chi connectivity index (χ3v) is 3.44. The standard InChI is InChI=1S/C17H16F2N4O/c1-10-3-12(11(2)24)5-15(4-10)21-17-20-9-23(22-17)16-7-13(18)6-14(19)8-16/h3-9,11,24H,1-2H3,(H,21,22). The number of aromatic nitrogens is 3. The topological polar surface area (TPSA) is 63.0 Å². The van der Waals surface area contributed by atoms with Crippen molar-refractivity contribution in [1.29, 1.82) is 0 Å². The van der Waals surface area contributed by atoms with E-state index in [1.165, 1.54) is 23.1 Å². The molecule has 2 aromatic carbocycles. The Morgan fingerprint density at radius 2 is 1.79 bits per heavy atom. The summed E-state index contributed by atoms with van der Waals surface area (Å²) in [5.74, 6) is -1.09. The Hall–Kier alpha value is -2.80. The normalized spacial score (nSPS) is 12.2. The van der Waals surface area contributed by atoms with Gasteiger partial charge in [-0.2, -0.15) is 4.98 Å². The van der Waals surface area contributed by atoms with Gasteiger partial charge in [0.15, 0.2) is 0 Å². The minimum absolute atomic E-state index is 0.238. The van der Waals surface area contributed by atoms with E-state index in [1.807, 2.05) is 19.1 Å². The second-order valence-corrected chi connectivity index (χ2v) is 5.57. The molecule has 3 aromatic rings. The van der Waals surface area contributed by atoms with Crippen molar-refractivity contribution < 1.29 is 13.9 Å². The van der Waals surface area contributed by atoms with Crippen LogP contribution >= 0.6 is 0 Å². The summed E-state index contributed by atoms with van der Waals surface area (Å²) in [6.07, 6.45) is 0.772. The zero-order valence-electron chi connectivity index (χ0n) is 13.2. The molecule has 124 valence electrons. The van der Waals surface area contributed by atoms with Gasteiger partial charge in [-0.25, -0.2) is 13.5 Å². The first-order valence-corrected chi connectivity index (χ1v) is 7.35. The van der Waals surface area contributed by atoms with E-state index in [-0.39, 0.29) is 11.6 Å². The molecule has 0 aliphatic carbocycles. The van der Waals surface area contributed by atoms with E-state index in [4.69, 9.17) is 0 Å². The van der Waals surface area contributed by atoms with E-state index in [0.717, 1.165) is 17.2 Å². The number of benzene rings is 2. The van der Waals surface area contributed by atoms with E-state index in [9.17, 15) is 13.9 Å². The van der Waals surface area contributed by atoms with Gasteiger partial charge >= 0.3 is 0 Å². The van der Waals surface area contributed by atoms with Crippen LogP contribution in [0.3, 0.4) is 0 Å². The van der Waals surface area contributed by atoms with Crippen molar-refractivity contribution in [3.63, 3.8) is 0 Å². The molecule has 24 heavy (non-hydrogen) atoms. The molecular weight excluding hydrogens is 314 g/mol. The molecular formula is C17H16F2N4O. The highest BCUT2D eigenvalue weighted by Gasteiger charge is 2.08. The van der Waals surface area contributed by atoms with Gasteiger partial charge in [0, 0.05) is 11.8 Å². The number of hydrogen-bond donors (Lipinski definition) is 2. The highest BCUT2D eigenvalue weighted by atomic mass is 19.1. The molecule has 5 nitrogen and oxygen atoms in total. The summed E-state index contributed by atoms with van der Waals surface area (Å²) < 4.78 is 27.9. The molecule has 2 N–H and O–H groups in total. The molecule has 1 heterocycles. The van der Waals surface area contributed by atoms with E-state index < -0.39 is 17.7 Å². The lowest BCUT2D eigenvalue weighted by Crippen LogP contribution is -2.00. The molecule has 0 spiro atoms. The molecule has 0 fully saturated rings. The number of rotatable bonds is 4. The summed E-state index contributed by atoms with van der Waals surface area (Å²) in [7, 11) is 0. The zero-order chi connectivity index (χ0) is 17.3. The molecule has 0 aliphatic rings. The van der Waals surface area contributed by atoms with Crippen molar-refractivity contribution >= 4 is 11.6 Å². The minimum atomic E-state index is -0.685. The van der Waals surface area contributed by atoms with Crippen LogP contribution in [0.4, 0.5) is 20.4 Å². The van der Waals surface area contributed by atoms with Gasteiger partial charge in [0.05, 0.1) is 11.8 Å². The number of nitrogens with one attached hydrogen (secondary N) is 1. The van der Waals surface area contributed by atoms with Gasteiger partial charge in [-0.1, -0.05) is 6.07 Å². The van der Waals surface area contributed by atoms with Crippen molar-refractivity contribution in [3.05, 3.63) is 65.5 Å². The van der Waals surface area contributed by atoms with E-state index >= 15 is 0 Å². The van der Waals surface area contributed by atoms with Crippen LogP contribution in [0.15, 0.2) is 42.7 Å². The van der Waals surface area contributed by atoms with Crippen LogP contribution in [-0.4, -0.2) is 19.9 Å². The maximum absolute atomic E-state index is 13.3. The first kappa shape index (κ1) is 16.1. The van der Waals surface area contributed by atoms with Crippen LogP contribution in [0, 0.1) is 18.6 Å². The van der Waals surface area contributed by atoms with Crippen molar-refractivity contribution in [2.45, 2.75) is 20.0 Å². The average Bonchev–Trinajstić information content (AvgIpc) is 2.94. The predicted molar refractivity (Wildman–Crippen MR) is 86.4 cm³/mol. The van der Waals surface area contributed by atoms with Gasteiger partial charge in [-0.05, 0) is 49.2 Å². The van der Waals surface area contributed by atoms with E-state index in [1.54, 1.807) is 13.0 Å². The maximum Gasteiger partial charge on any atom is 0.246 e. The molecule has 1 aromatic heterocycles. The quantitative estimate of drug-likeness (QED) is 0.766. The summed E-state index contributed by atoms with van der Waals surface area (Å²) in [6.45, 7) is 3.60. The number of hydrogen-bond acceptors (Lipinski definition) is 4. The van der Waals surface area contributed by atoms with Crippen LogP contribution in [-0.2, 0) is 0 Å². The first-order chi connectivity index (χ1) is 11.4. The van der Waals surface area contributed by atoms with Crippen molar-refractivity contribution in [3.8, 4) is 5.69 Å². The first-order valence-electron chi connectivity index (χ1n) is 7.35. The zero-order valence-corrected chi connectivity index (χ0v) is 13.2. The highest BCUT2D eigenvalue weighted by Crippen LogP contribution is 2.22. The Bertz CT molecular complexity index is 857. The SMILES string of the molecule is Cc1cc(Nc2ncn(-c3cc(F)cc(F)c3)n2)cc(C(C)O)c1. The molecule has 0 aliphatic heterocycles. The number of aryl methyl sites for hydroxylation is 1. The minimum Gasteiger partial charge on any atom is -0.389 e. The van der Waals surface area contributed by atoms with Crippen LogP contribution in [0.2, 0.25) is 0 Å². The summed E-state index contributed by atoms with van der Waals surface area (Å²) in [4.78, 5) is 4.08. The fourth-order valence-electron chi connectivity index (χ4n) is 2.37. The van der Waals surface area contributed by atoms with Gasteiger partial charge in [0.25, 0.3) is 0 Å². The lowest BCUT2D eigenvalue weighted by molar-refractivity contribution is 0.199. The van der Waals surface area contributed by atoms with E-state index in [2.05, 4.69) is 15.4 Å². The Kier molecular flexibility index (Phi) is 4.26. The van der Waals surface area contributed by atoms with Crippen LogP contribution in [0.25, 0.3) is 5.69 Å². The highest BCUT2D eigenvalue weighted by molar-refractivity contribution is 5.56. The molecule has 1 unspecified atom stereocenters. The van der Waals surface area contributed by atoms with Crippen LogP contribution in [0.5, 0.6) is 0 Å². The van der Waals surface area contributed by atoms with Crippen molar-refractivity contribution in [1.82, 2.24) is 14.8 Å². The lowest BCUT2D eigenvalue weighted by atomic mass is 10.1. The largest absolute Gasteiger partial charge is 0.389 e. The van der Waals surface area contributed by atoms with Gasteiger partial charge < -0.3 is 10.4 Å². The third-order valence-electron chi connectivity index (χ3n) is 3.44. The molecule has 3 rings (SSSR count). The van der Waals surface area contributed by atoms with E-state index in [0.29, 0.717) is 5.69 Å². The number of aliphatic hydroxyl groups excluding tert-OH is 1. The summed E-state index contributed by atoms with van der Waals surface area (Å²) in [5, 5.41) is 16.9. The van der Waals surface area contributed by atoms with Gasteiger partial charge in [-0.3, -0.25) is 0 Å². The Morgan fingerprint density at radius 1 is 1.08 bits per heavy atom. The molecule has 0 bridgehead atoms. The monoisotopic (exact) mass is 330 g/mol. The lowest BCUT2D eigenvalue weighted by Gasteiger charge is -2.10. The Morgan fingerprint density at radius 3 is 2.46 bits per heavy atom. The second kappa shape index (κ2) is 6.37. The fourth-order valence-corrected chi connectivity index (χ4v) is 2.37. The summed E-state index contributed by atoms with van der Waals surface area (Å²) >= 11 is 0. The number of anilines is 2. The van der Waals surface area contributed by atoms with Crippen LogP contribution in [0.1, 0.15) is 24.2 Å². The van der Waals surface area contributed by atoms with Crippen molar-refractivity contribution in [2.75, 3.05) is 5.32 Å². The van der Waals surface area contributed by atoms with Crippen molar-refractivity contribution in [2.24, 2.45) is 0 Å². The van der Waals surface area contributed by atoms with Gasteiger partial charge in [0.1, 0.15) is 18.0 Å². The van der Waals surface area contributed by atoms with Gasteiger partial charge in [-0.15, -0.1) is 5.10 Å². The van der Waals surface area contributed by atoms with Crippen LogP contribution < -0.4 is 5.32 Å². The molecule has 1 atom stereocenters. The molecule has 0 radical (unpaired) electrons. The molecule has 0 saturated heterocycles. The Labute approximate surface area is 137 Å². The number of aliphatic hydroxyl groups is 1. The maximum atomic E-state index is 13.3. The molecule has 0 amide bonds. The second-order valence-electron chi connectivity index (χ2n) is 5.57. The Balaban J connectivity index is 1.86. The summed E-state index contributed by atoms with van der Waals surface area (Å²) in [5.41, 5.74) is 2.70. The molecule has 7 heteroatoms. The number of nitrogens with zero attached hydrogens (tertiary/aromatic N) is 3. The smallest absolute Gasteiger partial charge is 0.246 e. The summed E-state index contributed by atoms with van der Waals surface area (Å²) in [6, 6.07) is 8.69.